The average Bonchev–Trinajstić information content (AvgIpc) is 3.17. The number of aryl methyl sites for hydroxylation is 2. The summed E-state index contributed by atoms with van der Waals surface area (Å²) < 4.78 is 12.7. The van der Waals surface area contributed by atoms with E-state index in [2.05, 4.69) is 15.4 Å². The number of pyridine rings is 1. The van der Waals surface area contributed by atoms with E-state index in [1.165, 1.54) is 6.20 Å². The van der Waals surface area contributed by atoms with Crippen LogP contribution in [0, 0.1) is 13.8 Å². The lowest BCUT2D eigenvalue weighted by molar-refractivity contribution is -0.119. The largest absolute Gasteiger partial charge is 0.455 e. The number of para-hydroxylation sites is 3. The predicted molar refractivity (Wildman–Crippen MR) is 123 cm³/mol. The van der Waals surface area contributed by atoms with Crippen LogP contribution in [0.1, 0.15) is 21.7 Å². The number of nitrogens with one attached hydrogen (secondary N) is 1. The van der Waals surface area contributed by atoms with Crippen LogP contribution in [0.2, 0.25) is 0 Å². The van der Waals surface area contributed by atoms with E-state index in [1.54, 1.807) is 41.1 Å². The number of hydrogen-bond acceptors (Lipinski definition) is 6. The molecule has 4 rings (SSSR count). The Hall–Kier alpha value is -4.46. The molecule has 1 amide bonds. The quantitative estimate of drug-likeness (QED) is 0.424. The fourth-order valence-corrected chi connectivity index (χ4v) is 3.17. The molecule has 0 bridgehead atoms. The Morgan fingerprint density at radius 2 is 1.73 bits per heavy atom. The summed E-state index contributed by atoms with van der Waals surface area (Å²) in [6, 6.07) is 21.4. The minimum absolute atomic E-state index is 0.237. The van der Waals surface area contributed by atoms with Gasteiger partial charge in [-0.3, -0.25) is 4.79 Å². The van der Waals surface area contributed by atoms with Crippen molar-refractivity contribution in [3.05, 3.63) is 95.9 Å². The summed E-state index contributed by atoms with van der Waals surface area (Å²) in [5.41, 5.74) is 2.52. The van der Waals surface area contributed by atoms with E-state index in [-0.39, 0.29) is 5.56 Å². The second-order valence-corrected chi connectivity index (χ2v) is 7.28. The normalized spacial score (nSPS) is 10.5. The third-order valence-corrected chi connectivity index (χ3v) is 4.68. The van der Waals surface area contributed by atoms with Gasteiger partial charge < -0.3 is 14.8 Å². The van der Waals surface area contributed by atoms with Crippen LogP contribution in [0.15, 0.2) is 79.0 Å². The summed E-state index contributed by atoms with van der Waals surface area (Å²) in [5, 5.41) is 7.07. The number of aromatic nitrogens is 3. The maximum Gasteiger partial charge on any atom is 0.340 e. The van der Waals surface area contributed by atoms with Crippen LogP contribution >= 0.6 is 0 Å². The summed E-state index contributed by atoms with van der Waals surface area (Å²) in [4.78, 5) is 29.0. The third kappa shape index (κ3) is 5.43. The molecule has 0 saturated carbocycles. The highest BCUT2D eigenvalue weighted by Gasteiger charge is 2.14. The zero-order valence-corrected chi connectivity index (χ0v) is 18.2. The number of rotatable bonds is 7. The molecule has 0 spiro atoms. The number of anilines is 1. The number of ether oxygens (including phenoxy) is 2. The second-order valence-electron chi connectivity index (χ2n) is 7.28. The van der Waals surface area contributed by atoms with Crippen molar-refractivity contribution in [1.29, 1.82) is 0 Å². The predicted octanol–water partition coefficient (Wildman–Crippen LogP) is 4.47. The summed E-state index contributed by atoms with van der Waals surface area (Å²) >= 11 is 0. The third-order valence-electron chi connectivity index (χ3n) is 4.68. The first-order valence-corrected chi connectivity index (χ1v) is 10.3. The van der Waals surface area contributed by atoms with Gasteiger partial charge in [0.1, 0.15) is 5.75 Å². The van der Waals surface area contributed by atoms with Gasteiger partial charge in [-0.05, 0) is 56.3 Å². The van der Waals surface area contributed by atoms with Gasteiger partial charge in [0.05, 0.1) is 16.9 Å². The van der Waals surface area contributed by atoms with E-state index in [4.69, 9.17) is 9.47 Å². The molecule has 0 aliphatic carbocycles. The Balaban J connectivity index is 1.35. The van der Waals surface area contributed by atoms with Crippen LogP contribution in [0.3, 0.4) is 0 Å². The number of carbonyl (C=O) groups is 2. The fraction of sp³-hybridized carbons (Fsp3) is 0.120. The lowest BCUT2D eigenvalue weighted by Crippen LogP contribution is -2.21. The average molecular weight is 442 g/mol. The van der Waals surface area contributed by atoms with Crippen molar-refractivity contribution in [2.24, 2.45) is 0 Å². The molecule has 0 radical (unpaired) electrons. The molecule has 33 heavy (non-hydrogen) atoms. The molecule has 166 valence electrons. The lowest BCUT2D eigenvalue weighted by Gasteiger charge is -2.12. The molecule has 8 nitrogen and oxygen atoms in total. The minimum atomic E-state index is -0.647. The highest BCUT2D eigenvalue weighted by atomic mass is 16.5. The Morgan fingerprint density at radius 3 is 2.42 bits per heavy atom. The molecular formula is C25H22N4O4. The van der Waals surface area contributed by atoms with Crippen LogP contribution in [-0.2, 0) is 9.53 Å². The van der Waals surface area contributed by atoms with Gasteiger partial charge in [0.15, 0.2) is 18.2 Å². The smallest absolute Gasteiger partial charge is 0.340 e. The van der Waals surface area contributed by atoms with E-state index < -0.39 is 18.5 Å². The van der Waals surface area contributed by atoms with Gasteiger partial charge in [0.25, 0.3) is 5.91 Å². The first-order valence-electron chi connectivity index (χ1n) is 10.3. The number of esters is 1. The highest BCUT2D eigenvalue weighted by molar-refractivity contribution is 5.96. The van der Waals surface area contributed by atoms with E-state index >= 15 is 0 Å². The van der Waals surface area contributed by atoms with Gasteiger partial charge >= 0.3 is 5.97 Å². The SMILES string of the molecule is Cc1cc(C)n(-c2ccc(C(=O)OCC(=O)Nc3ccccc3Oc3ccccc3)cn2)n1. The highest BCUT2D eigenvalue weighted by Crippen LogP contribution is 2.29. The standard InChI is InChI=1S/C25H22N4O4/c1-17-14-18(2)29(28-17)23-13-12-19(15-26-23)25(31)32-16-24(30)27-21-10-6-7-11-22(21)33-20-8-4-3-5-9-20/h3-15H,16H2,1-2H3,(H,27,30). The maximum absolute atomic E-state index is 12.4. The van der Waals surface area contributed by atoms with Gasteiger partial charge in [-0.15, -0.1) is 0 Å². The molecule has 0 atom stereocenters. The minimum Gasteiger partial charge on any atom is -0.455 e. The van der Waals surface area contributed by atoms with E-state index in [9.17, 15) is 9.59 Å². The van der Waals surface area contributed by atoms with Crippen molar-refractivity contribution in [1.82, 2.24) is 14.8 Å². The monoisotopic (exact) mass is 442 g/mol. The van der Waals surface area contributed by atoms with E-state index in [0.29, 0.717) is 23.0 Å². The number of hydrogen-bond donors (Lipinski definition) is 1. The van der Waals surface area contributed by atoms with E-state index in [0.717, 1.165) is 11.4 Å². The summed E-state index contributed by atoms with van der Waals surface area (Å²) in [7, 11) is 0. The molecule has 2 aromatic heterocycles. The summed E-state index contributed by atoms with van der Waals surface area (Å²) in [6.45, 7) is 3.37. The summed E-state index contributed by atoms with van der Waals surface area (Å²) in [6.07, 6.45) is 1.40. The van der Waals surface area contributed by atoms with Crippen LogP contribution in [-0.4, -0.2) is 33.2 Å². The Bertz CT molecular complexity index is 1270. The molecule has 0 saturated heterocycles. The first-order chi connectivity index (χ1) is 16.0. The first kappa shape index (κ1) is 21.8. The molecule has 2 heterocycles. The number of carbonyl (C=O) groups excluding carboxylic acids is 2. The number of nitrogens with zero attached hydrogens (tertiary/aromatic N) is 3. The fourth-order valence-electron chi connectivity index (χ4n) is 3.17. The van der Waals surface area contributed by atoms with Gasteiger partial charge in [0, 0.05) is 11.9 Å². The number of benzene rings is 2. The molecule has 0 aliphatic rings. The molecule has 2 aromatic carbocycles. The van der Waals surface area contributed by atoms with Gasteiger partial charge in [0.2, 0.25) is 0 Å². The number of amides is 1. The molecule has 0 aliphatic heterocycles. The van der Waals surface area contributed by atoms with Gasteiger partial charge in [-0.25, -0.2) is 14.5 Å². The zero-order chi connectivity index (χ0) is 23.2. The molecule has 4 aromatic rings. The van der Waals surface area contributed by atoms with E-state index in [1.807, 2.05) is 50.2 Å². The topological polar surface area (TPSA) is 95.3 Å². The van der Waals surface area contributed by atoms with Crippen molar-refractivity contribution in [2.45, 2.75) is 13.8 Å². The lowest BCUT2D eigenvalue weighted by atomic mass is 10.2. The maximum atomic E-state index is 12.4. The molecule has 8 heteroatoms. The Labute approximate surface area is 190 Å². The molecule has 1 N–H and O–H groups in total. The summed E-state index contributed by atoms with van der Waals surface area (Å²) in [5.74, 6) is 0.574. The van der Waals surface area contributed by atoms with Crippen LogP contribution < -0.4 is 10.1 Å². The van der Waals surface area contributed by atoms with Crippen molar-refractivity contribution in [3.63, 3.8) is 0 Å². The van der Waals surface area contributed by atoms with Crippen LogP contribution in [0.4, 0.5) is 5.69 Å². The molecular weight excluding hydrogens is 420 g/mol. The van der Waals surface area contributed by atoms with Crippen molar-refractivity contribution in [2.75, 3.05) is 11.9 Å². The van der Waals surface area contributed by atoms with Crippen molar-refractivity contribution >= 4 is 17.6 Å². The second kappa shape index (κ2) is 9.78. The van der Waals surface area contributed by atoms with Crippen molar-refractivity contribution in [3.8, 4) is 17.3 Å². The van der Waals surface area contributed by atoms with Crippen LogP contribution in [0.25, 0.3) is 5.82 Å². The molecule has 0 fully saturated rings. The zero-order valence-electron chi connectivity index (χ0n) is 18.2. The Morgan fingerprint density at radius 1 is 0.970 bits per heavy atom. The van der Waals surface area contributed by atoms with Crippen LogP contribution in [0.5, 0.6) is 11.5 Å². The van der Waals surface area contributed by atoms with Gasteiger partial charge in [-0.1, -0.05) is 30.3 Å². The van der Waals surface area contributed by atoms with Crippen molar-refractivity contribution < 1.29 is 19.1 Å². The van der Waals surface area contributed by atoms with Gasteiger partial charge in [-0.2, -0.15) is 5.10 Å². The Kier molecular flexibility index (Phi) is 6.45. The molecule has 0 unspecified atom stereocenters.